The average molecular weight is 266 g/mol. The van der Waals surface area contributed by atoms with Crippen molar-refractivity contribution in [3.8, 4) is 5.75 Å². The Morgan fingerprint density at radius 3 is 2.53 bits per heavy atom. The monoisotopic (exact) mass is 266 g/mol. The summed E-state index contributed by atoms with van der Waals surface area (Å²) in [6.07, 6.45) is 1.19. The molecule has 0 N–H and O–H groups in total. The molecule has 0 aliphatic rings. The summed E-state index contributed by atoms with van der Waals surface area (Å²) in [5.41, 5.74) is 0. The molecule has 0 aliphatic heterocycles. The predicted molar refractivity (Wildman–Crippen MR) is 73.2 cm³/mol. The molecular formula is C15H22O4. The van der Waals surface area contributed by atoms with Crippen molar-refractivity contribution in [3.05, 3.63) is 30.3 Å². The van der Waals surface area contributed by atoms with Crippen LogP contribution in [0.5, 0.6) is 5.75 Å². The summed E-state index contributed by atoms with van der Waals surface area (Å²) in [6.45, 7) is 5.17. The maximum Gasteiger partial charge on any atom is 0.305 e. The first-order valence-electron chi connectivity index (χ1n) is 6.63. The Labute approximate surface area is 114 Å². The van der Waals surface area contributed by atoms with Crippen LogP contribution >= 0.6 is 0 Å². The quantitative estimate of drug-likeness (QED) is 0.509. The van der Waals surface area contributed by atoms with Gasteiger partial charge in [-0.3, -0.25) is 4.79 Å². The number of carbonyl (C=O) groups excluding carboxylic acids is 1. The molecule has 0 unspecified atom stereocenters. The van der Waals surface area contributed by atoms with Crippen molar-refractivity contribution in [1.29, 1.82) is 0 Å². The lowest BCUT2D eigenvalue weighted by molar-refractivity contribution is -0.145. The number of para-hydroxylation sites is 1. The second kappa shape index (κ2) is 9.39. The van der Waals surface area contributed by atoms with Crippen LogP contribution < -0.4 is 4.74 Å². The number of ether oxygens (including phenoxy) is 3. The van der Waals surface area contributed by atoms with Gasteiger partial charge in [0.25, 0.3) is 0 Å². The largest absolute Gasteiger partial charge is 0.494 e. The highest BCUT2D eigenvalue weighted by atomic mass is 16.6. The third-order valence-electron chi connectivity index (χ3n) is 2.33. The van der Waals surface area contributed by atoms with Crippen molar-refractivity contribution >= 4 is 5.97 Å². The molecule has 4 heteroatoms. The van der Waals surface area contributed by atoms with E-state index >= 15 is 0 Å². The van der Waals surface area contributed by atoms with Gasteiger partial charge in [-0.25, -0.2) is 0 Å². The van der Waals surface area contributed by atoms with Crippen LogP contribution in [0.4, 0.5) is 0 Å². The highest BCUT2D eigenvalue weighted by Gasteiger charge is 2.03. The molecule has 106 valence electrons. The first-order valence-corrected chi connectivity index (χ1v) is 6.63. The fourth-order valence-corrected chi connectivity index (χ4v) is 1.43. The molecule has 0 bridgehead atoms. The minimum Gasteiger partial charge on any atom is -0.494 e. The lowest BCUT2D eigenvalue weighted by atomic mass is 10.3. The van der Waals surface area contributed by atoms with Crippen molar-refractivity contribution in [2.75, 3.05) is 19.8 Å². The van der Waals surface area contributed by atoms with E-state index in [1.807, 2.05) is 44.2 Å². The SMILES string of the molecule is CC(C)OCCOC(=O)CCCOc1ccccc1. The molecule has 0 radical (unpaired) electrons. The van der Waals surface area contributed by atoms with Crippen molar-refractivity contribution < 1.29 is 19.0 Å². The molecule has 1 aromatic carbocycles. The Morgan fingerprint density at radius 2 is 1.84 bits per heavy atom. The van der Waals surface area contributed by atoms with Gasteiger partial charge in [0.2, 0.25) is 0 Å². The van der Waals surface area contributed by atoms with Gasteiger partial charge in [-0.2, -0.15) is 0 Å². The summed E-state index contributed by atoms with van der Waals surface area (Å²) in [7, 11) is 0. The van der Waals surface area contributed by atoms with Crippen molar-refractivity contribution in [2.24, 2.45) is 0 Å². The second-order valence-electron chi connectivity index (χ2n) is 4.41. The normalized spacial score (nSPS) is 10.5. The van der Waals surface area contributed by atoms with Crippen molar-refractivity contribution in [2.45, 2.75) is 32.8 Å². The zero-order valence-corrected chi connectivity index (χ0v) is 11.6. The summed E-state index contributed by atoms with van der Waals surface area (Å²) in [6, 6.07) is 9.54. The molecule has 1 rings (SSSR count). The first-order chi connectivity index (χ1) is 9.18. The Balaban J connectivity index is 1.98. The maximum absolute atomic E-state index is 11.4. The Bertz CT molecular complexity index is 348. The van der Waals surface area contributed by atoms with Crippen LogP contribution in [0.1, 0.15) is 26.7 Å². The Morgan fingerprint density at radius 1 is 1.11 bits per heavy atom. The highest BCUT2D eigenvalue weighted by Crippen LogP contribution is 2.08. The fourth-order valence-electron chi connectivity index (χ4n) is 1.43. The van der Waals surface area contributed by atoms with E-state index in [1.165, 1.54) is 0 Å². The van der Waals surface area contributed by atoms with Crippen LogP contribution in [0, 0.1) is 0 Å². The third kappa shape index (κ3) is 8.21. The second-order valence-corrected chi connectivity index (χ2v) is 4.41. The molecular weight excluding hydrogens is 244 g/mol. The summed E-state index contributed by atoms with van der Waals surface area (Å²) < 4.78 is 15.8. The molecule has 0 aliphatic carbocycles. The lowest BCUT2D eigenvalue weighted by Gasteiger charge is -2.08. The molecule has 0 saturated carbocycles. The molecule has 4 nitrogen and oxygen atoms in total. The van der Waals surface area contributed by atoms with Gasteiger partial charge in [0.05, 0.1) is 19.3 Å². The minimum atomic E-state index is -0.205. The number of carbonyl (C=O) groups is 1. The number of rotatable bonds is 9. The average Bonchev–Trinajstić information content (AvgIpc) is 2.41. The predicted octanol–water partition coefficient (Wildman–Crippen LogP) is 2.81. The van der Waals surface area contributed by atoms with E-state index in [4.69, 9.17) is 14.2 Å². The molecule has 0 atom stereocenters. The first kappa shape index (κ1) is 15.5. The molecule has 1 aromatic rings. The van der Waals surface area contributed by atoms with Crippen LogP contribution in [-0.2, 0) is 14.3 Å². The molecule has 0 aromatic heterocycles. The van der Waals surface area contributed by atoms with Gasteiger partial charge in [-0.1, -0.05) is 18.2 Å². The van der Waals surface area contributed by atoms with E-state index in [9.17, 15) is 4.79 Å². The number of esters is 1. The highest BCUT2D eigenvalue weighted by molar-refractivity contribution is 5.69. The molecule has 0 heterocycles. The molecule has 0 fully saturated rings. The standard InChI is InChI=1S/C15H22O4/c1-13(2)17-11-12-19-15(16)9-6-10-18-14-7-4-3-5-8-14/h3-5,7-8,13H,6,9-12H2,1-2H3. The topological polar surface area (TPSA) is 44.8 Å². The van der Waals surface area contributed by atoms with E-state index in [2.05, 4.69) is 0 Å². The molecule has 0 saturated heterocycles. The van der Waals surface area contributed by atoms with Gasteiger partial charge < -0.3 is 14.2 Å². The van der Waals surface area contributed by atoms with E-state index in [1.54, 1.807) is 0 Å². The van der Waals surface area contributed by atoms with Crippen molar-refractivity contribution in [3.63, 3.8) is 0 Å². The van der Waals surface area contributed by atoms with Crippen molar-refractivity contribution in [1.82, 2.24) is 0 Å². The Kier molecular flexibility index (Phi) is 7.66. The van der Waals surface area contributed by atoms with Crippen LogP contribution in [0.25, 0.3) is 0 Å². The van der Waals surface area contributed by atoms with Crippen LogP contribution in [0.3, 0.4) is 0 Å². The molecule has 0 spiro atoms. The summed E-state index contributed by atoms with van der Waals surface area (Å²) in [4.78, 5) is 11.4. The lowest BCUT2D eigenvalue weighted by Crippen LogP contribution is -2.14. The summed E-state index contributed by atoms with van der Waals surface area (Å²) in [5, 5.41) is 0. The van der Waals surface area contributed by atoms with Crippen LogP contribution in [0.15, 0.2) is 30.3 Å². The Hall–Kier alpha value is -1.55. The fraction of sp³-hybridized carbons (Fsp3) is 0.533. The number of hydrogen-bond acceptors (Lipinski definition) is 4. The third-order valence-corrected chi connectivity index (χ3v) is 2.33. The van der Waals surface area contributed by atoms with E-state index < -0.39 is 0 Å². The smallest absolute Gasteiger partial charge is 0.305 e. The van der Waals surface area contributed by atoms with E-state index in [0.29, 0.717) is 32.7 Å². The van der Waals surface area contributed by atoms with Gasteiger partial charge in [-0.15, -0.1) is 0 Å². The van der Waals surface area contributed by atoms with Crippen LogP contribution in [-0.4, -0.2) is 31.9 Å². The summed E-state index contributed by atoms with van der Waals surface area (Å²) in [5.74, 6) is 0.616. The van der Waals surface area contributed by atoms with E-state index in [-0.39, 0.29) is 12.1 Å². The van der Waals surface area contributed by atoms with Gasteiger partial charge in [0, 0.05) is 6.42 Å². The van der Waals surface area contributed by atoms with E-state index in [0.717, 1.165) is 5.75 Å². The number of hydrogen-bond donors (Lipinski definition) is 0. The van der Waals surface area contributed by atoms with Gasteiger partial charge in [0.15, 0.2) is 0 Å². The number of benzene rings is 1. The zero-order valence-electron chi connectivity index (χ0n) is 11.6. The summed E-state index contributed by atoms with van der Waals surface area (Å²) >= 11 is 0. The molecule has 19 heavy (non-hydrogen) atoms. The zero-order chi connectivity index (χ0) is 13.9. The van der Waals surface area contributed by atoms with Gasteiger partial charge in [0.1, 0.15) is 12.4 Å². The van der Waals surface area contributed by atoms with Gasteiger partial charge in [-0.05, 0) is 32.4 Å². The minimum absolute atomic E-state index is 0.165. The maximum atomic E-state index is 11.4. The molecule has 0 amide bonds. The van der Waals surface area contributed by atoms with Crippen LogP contribution in [0.2, 0.25) is 0 Å². The van der Waals surface area contributed by atoms with Gasteiger partial charge >= 0.3 is 5.97 Å².